The van der Waals surface area contributed by atoms with Gasteiger partial charge in [0.25, 0.3) is 0 Å². The van der Waals surface area contributed by atoms with Gasteiger partial charge in [0, 0.05) is 13.1 Å². The summed E-state index contributed by atoms with van der Waals surface area (Å²) < 4.78 is 5.82. The van der Waals surface area contributed by atoms with E-state index in [1.165, 1.54) is 11.1 Å². The fourth-order valence-corrected chi connectivity index (χ4v) is 2.28. The largest absolute Gasteiger partial charge is 0.374 e. The predicted octanol–water partition coefficient (Wildman–Crippen LogP) is 1.24. The molecule has 1 aromatic rings. The molecule has 3 nitrogen and oxygen atoms in total. The molecule has 1 aliphatic rings. The van der Waals surface area contributed by atoms with E-state index in [1.54, 1.807) is 0 Å². The van der Waals surface area contributed by atoms with Crippen LogP contribution in [0.5, 0.6) is 0 Å². The van der Waals surface area contributed by atoms with E-state index < -0.39 is 0 Å². The molecule has 0 spiro atoms. The Balaban J connectivity index is 2.18. The van der Waals surface area contributed by atoms with E-state index in [4.69, 9.17) is 4.74 Å². The molecule has 2 rings (SSSR count). The minimum absolute atomic E-state index is 0.222. The zero-order valence-corrected chi connectivity index (χ0v) is 9.99. The molecule has 88 valence electrons. The van der Waals surface area contributed by atoms with E-state index in [9.17, 15) is 0 Å². The van der Waals surface area contributed by atoms with Gasteiger partial charge in [-0.1, -0.05) is 24.3 Å². The average Bonchev–Trinajstić information content (AvgIpc) is 2.34. The van der Waals surface area contributed by atoms with Gasteiger partial charge in [0.1, 0.15) is 0 Å². The fourth-order valence-electron chi connectivity index (χ4n) is 2.28. The lowest BCUT2D eigenvalue weighted by molar-refractivity contribution is 0.00525. The summed E-state index contributed by atoms with van der Waals surface area (Å²) in [6.07, 6.45) is 0.222. The first-order valence-corrected chi connectivity index (χ1v) is 5.88. The van der Waals surface area contributed by atoms with Crippen molar-refractivity contribution in [3.63, 3.8) is 0 Å². The van der Waals surface area contributed by atoms with E-state index in [1.807, 2.05) is 7.05 Å². The highest BCUT2D eigenvalue weighted by Gasteiger charge is 2.25. The molecule has 0 radical (unpaired) electrons. The molecule has 2 unspecified atom stereocenters. The molecular formula is C13H20N2O. The van der Waals surface area contributed by atoms with Crippen molar-refractivity contribution in [2.45, 2.75) is 19.1 Å². The average molecular weight is 220 g/mol. The molecule has 1 saturated heterocycles. The van der Waals surface area contributed by atoms with Gasteiger partial charge in [0.2, 0.25) is 0 Å². The van der Waals surface area contributed by atoms with Crippen LogP contribution in [0.1, 0.15) is 17.2 Å². The Morgan fingerprint density at radius 3 is 2.88 bits per heavy atom. The fraction of sp³-hybridized carbons (Fsp3) is 0.538. The number of ether oxygens (including phenoxy) is 1. The van der Waals surface area contributed by atoms with Gasteiger partial charge in [-0.25, -0.2) is 0 Å². The minimum Gasteiger partial charge on any atom is -0.374 e. The zero-order valence-electron chi connectivity index (χ0n) is 9.99. The first-order valence-electron chi connectivity index (χ1n) is 5.88. The molecule has 0 amide bonds. The third kappa shape index (κ3) is 2.43. The quantitative estimate of drug-likeness (QED) is 0.804. The molecule has 0 bridgehead atoms. The molecule has 1 aromatic carbocycles. The molecule has 2 N–H and O–H groups in total. The normalized spacial score (nSPS) is 23.0. The molecule has 1 fully saturated rings. The predicted molar refractivity (Wildman–Crippen MR) is 65.6 cm³/mol. The Hall–Kier alpha value is -0.900. The van der Waals surface area contributed by atoms with Crippen LogP contribution in [-0.2, 0) is 4.74 Å². The zero-order chi connectivity index (χ0) is 11.4. The first-order chi connectivity index (χ1) is 7.83. The summed E-state index contributed by atoms with van der Waals surface area (Å²) in [4.78, 5) is 0. The molecule has 0 aromatic heterocycles. The highest BCUT2D eigenvalue weighted by Crippen LogP contribution is 2.22. The molecule has 0 aliphatic carbocycles. The second kappa shape index (κ2) is 5.43. The smallest absolute Gasteiger partial charge is 0.0894 e. The maximum absolute atomic E-state index is 5.82. The van der Waals surface area contributed by atoms with Gasteiger partial charge >= 0.3 is 0 Å². The van der Waals surface area contributed by atoms with Crippen molar-refractivity contribution >= 4 is 0 Å². The molecule has 2 atom stereocenters. The SMILES string of the molecule is CNC(c1ccccc1C)C1CNCCO1. The number of hydrogen-bond acceptors (Lipinski definition) is 3. The van der Waals surface area contributed by atoms with Crippen molar-refractivity contribution in [1.82, 2.24) is 10.6 Å². The third-order valence-corrected chi connectivity index (χ3v) is 3.16. The van der Waals surface area contributed by atoms with Crippen LogP contribution in [-0.4, -0.2) is 32.8 Å². The van der Waals surface area contributed by atoms with Gasteiger partial charge in [-0.15, -0.1) is 0 Å². The van der Waals surface area contributed by atoms with Crippen LogP contribution in [0.2, 0.25) is 0 Å². The second-order valence-electron chi connectivity index (χ2n) is 4.24. The van der Waals surface area contributed by atoms with Crippen molar-refractivity contribution in [3.8, 4) is 0 Å². The molecule has 16 heavy (non-hydrogen) atoms. The summed E-state index contributed by atoms with van der Waals surface area (Å²) >= 11 is 0. The number of benzene rings is 1. The number of aryl methyl sites for hydroxylation is 1. The maximum Gasteiger partial charge on any atom is 0.0894 e. The lowest BCUT2D eigenvalue weighted by Gasteiger charge is -2.31. The maximum atomic E-state index is 5.82. The Morgan fingerprint density at radius 2 is 2.25 bits per heavy atom. The number of nitrogens with one attached hydrogen (secondary N) is 2. The van der Waals surface area contributed by atoms with E-state index in [2.05, 4.69) is 41.8 Å². The molecule has 1 heterocycles. The lowest BCUT2D eigenvalue weighted by Crippen LogP contribution is -2.45. The summed E-state index contributed by atoms with van der Waals surface area (Å²) in [5, 5.41) is 6.74. The van der Waals surface area contributed by atoms with Crippen LogP contribution < -0.4 is 10.6 Å². The van der Waals surface area contributed by atoms with Crippen molar-refractivity contribution < 1.29 is 4.74 Å². The lowest BCUT2D eigenvalue weighted by atomic mass is 9.96. The second-order valence-corrected chi connectivity index (χ2v) is 4.24. The standard InChI is InChI=1S/C13H20N2O/c1-10-5-3-4-6-11(10)13(14-2)12-9-15-7-8-16-12/h3-6,12-15H,7-9H2,1-2H3. The molecule has 0 saturated carbocycles. The summed E-state index contributed by atoms with van der Waals surface area (Å²) in [6, 6.07) is 8.76. The van der Waals surface area contributed by atoms with Gasteiger partial charge in [0.05, 0.1) is 18.8 Å². The van der Waals surface area contributed by atoms with Gasteiger partial charge < -0.3 is 15.4 Å². The van der Waals surface area contributed by atoms with Gasteiger partial charge in [-0.05, 0) is 25.1 Å². The summed E-state index contributed by atoms with van der Waals surface area (Å²) in [7, 11) is 2.00. The first kappa shape index (κ1) is 11.6. The monoisotopic (exact) mass is 220 g/mol. The van der Waals surface area contributed by atoms with Crippen LogP contribution in [0.25, 0.3) is 0 Å². The Bertz CT molecular complexity index is 334. The number of rotatable bonds is 3. The van der Waals surface area contributed by atoms with Crippen molar-refractivity contribution in [3.05, 3.63) is 35.4 Å². The minimum atomic E-state index is 0.222. The molecule has 1 aliphatic heterocycles. The van der Waals surface area contributed by atoms with E-state index in [-0.39, 0.29) is 12.1 Å². The molecular weight excluding hydrogens is 200 g/mol. The Labute approximate surface area is 97.2 Å². The van der Waals surface area contributed by atoms with Crippen LogP contribution in [0.3, 0.4) is 0 Å². The van der Waals surface area contributed by atoms with Gasteiger partial charge in [-0.2, -0.15) is 0 Å². The number of likely N-dealkylation sites (N-methyl/N-ethyl adjacent to an activating group) is 1. The summed E-state index contributed by atoms with van der Waals surface area (Å²) in [5.74, 6) is 0. The topological polar surface area (TPSA) is 33.3 Å². The summed E-state index contributed by atoms with van der Waals surface area (Å²) in [6.45, 7) is 4.82. The highest BCUT2D eigenvalue weighted by molar-refractivity contribution is 5.29. The van der Waals surface area contributed by atoms with Crippen molar-refractivity contribution in [2.24, 2.45) is 0 Å². The Morgan fingerprint density at radius 1 is 1.44 bits per heavy atom. The van der Waals surface area contributed by atoms with Gasteiger partial charge in [-0.3, -0.25) is 0 Å². The Kier molecular flexibility index (Phi) is 3.93. The van der Waals surface area contributed by atoms with Gasteiger partial charge in [0.15, 0.2) is 0 Å². The van der Waals surface area contributed by atoms with Crippen LogP contribution >= 0.6 is 0 Å². The van der Waals surface area contributed by atoms with Crippen LogP contribution in [0.4, 0.5) is 0 Å². The van der Waals surface area contributed by atoms with Crippen molar-refractivity contribution in [2.75, 3.05) is 26.7 Å². The molecule has 3 heteroatoms. The number of hydrogen-bond donors (Lipinski definition) is 2. The summed E-state index contributed by atoms with van der Waals surface area (Å²) in [5.41, 5.74) is 2.65. The van der Waals surface area contributed by atoms with Crippen LogP contribution in [0, 0.1) is 6.92 Å². The van der Waals surface area contributed by atoms with E-state index in [0.29, 0.717) is 0 Å². The van der Waals surface area contributed by atoms with Crippen molar-refractivity contribution in [1.29, 1.82) is 0 Å². The number of morpholine rings is 1. The van der Waals surface area contributed by atoms with E-state index in [0.717, 1.165) is 19.7 Å². The van der Waals surface area contributed by atoms with Crippen LogP contribution in [0.15, 0.2) is 24.3 Å². The highest BCUT2D eigenvalue weighted by atomic mass is 16.5. The third-order valence-electron chi connectivity index (χ3n) is 3.16. The van der Waals surface area contributed by atoms with E-state index >= 15 is 0 Å².